The Hall–Kier alpha value is -2.67. The minimum Gasteiger partial charge on any atom is -0.467 e. The standard InChI is InChI=1S/C20H15Cl3N2O4/c21-12-8-15(22)19(16(23)9-12)25-18(26)11-29-20(27)14-5-1-2-6-17(14)24-10-13-4-3-7-28-13/h1-9,24H,10-11H2,(H,25,26). The molecule has 1 amide bonds. The van der Waals surface area contributed by atoms with Crippen molar-refractivity contribution in [2.24, 2.45) is 0 Å². The van der Waals surface area contributed by atoms with E-state index in [-0.39, 0.29) is 21.3 Å². The van der Waals surface area contributed by atoms with E-state index in [2.05, 4.69) is 10.6 Å². The van der Waals surface area contributed by atoms with Crippen LogP contribution in [0, 0.1) is 0 Å². The number of rotatable bonds is 7. The van der Waals surface area contributed by atoms with Crippen molar-refractivity contribution < 1.29 is 18.7 Å². The maximum absolute atomic E-state index is 12.4. The summed E-state index contributed by atoms with van der Waals surface area (Å²) in [6.45, 7) is -0.119. The first kappa shape index (κ1) is 21.0. The molecule has 6 nitrogen and oxygen atoms in total. The number of benzene rings is 2. The van der Waals surface area contributed by atoms with Crippen molar-refractivity contribution in [1.29, 1.82) is 0 Å². The summed E-state index contributed by atoms with van der Waals surface area (Å²) in [5.74, 6) is -0.536. The van der Waals surface area contributed by atoms with Crippen molar-refractivity contribution in [3.63, 3.8) is 0 Å². The number of hydrogen-bond acceptors (Lipinski definition) is 5. The largest absolute Gasteiger partial charge is 0.467 e. The Morgan fingerprint density at radius 1 is 1.00 bits per heavy atom. The zero-order valence-corrected chi connectivity index (χ0v) is 17.1. The molecule has 29 heavy (non-hydrogen) atoms. The predicted octanol–water partition coefficient (Wildman–Crippen LogP) is 5.65. The molecule has 0 atom stereocenters. The maximum atomic E-state index is 12.4. The molecule has 1 aromatic heterocycles. The lowest BCUT2D eigenvalue weighted by Crippen LogP contribution is -2.21. The van der Waals surface area contributed by atoms with E-state index in [1.807, 2.05) is 6.07 Å². The van der Waals surface area contributed by atoms with Gasteiger partial charge in [0.25, 0.3) is 5.91 Å². The van der Waals surface area contributed by atoms with Gasteiger partial charge in [0.2, 0.25) is 0 Å². The lowest BCUT2D eigenvalue weighted by molar-refractivity contribution is -0.119. The van der Waals surface area contributed by atoms with Crippen molar-refractivity contribution in [3.8, 4) is 0 Å². The van der Waals surface area contributed by atoms with E-state index < -0.39 is 18.5 Å². The van der Waals surface area contributed by atoms with Gasteiger partial charge < -0.3 is 19.8 Å². The first-order chi connectivity index (χ1) is 13.9. The van der Waals surface area contributed by atoms with Crippen LogP contribution in [0.5, 0.6) is 0 Å². The smallest absolute Gasteiger partial charge is 0.340 e. The highest BCUT2D eigenvalue weighted by molar-refractivity contribution is 6.42. The van der Waals surface area contributed by atoms with Crippen LogP contribution in [-0.4, -0.2) is 18.5 Å². The number of furan rings is 1. The van der Waals surface area contributed by atoms with Crippen molar-refractivity contribution >= 4 is 58.1 Å². The molecule has 0 saturated heterocycles. The van der Waals surface area contributed by atoms with Gasteiger partial charge in [-0.3, -0.25) is 4.79 Å². The number of para-hydroxylation sites is 1. The molecule has 2 aromatic carbocycles. The van der Waals surface area contributed by atoms with Crippen LogP contribution in [0.4, 0.5) is 11.4 Å². The van der Waals surface area contributed by atoms with Crippen LogP contribution < -0.4 is 10.6 Å². The zero-order valence-electron chi connectivity index (χ0n) is 14.9. The molecule has 0 unspecified atom stereocenters. The Balaban J connectivity index is 1.60. The highest BCUT2D eigenvalue weighted by atomic mass is 35.5. The number of ether oxygens (including phenoxy) is 1. The molecular weight excluding hydrogens is 439 g/mol. The average molecular weight is 454 g/mol. The summed E-state index contributed by atoms with van der Waals surface area (Å²) in [6, 6.07) is 13.3. The van der Waals surface area contributed by atoms with Gasteiger partial charge in [-0.15, -0.1) is 0 Å². The number of nitrogens with one attached hydrogen (secondary N) is 2. The molecule has 0 aliphatic carbocycles. The summed E-state index contributed by atoms with van der Waals surface area (Å²) in [5, 5.41) is 6.29. The number of anilines is 2. The fraction of sp³-hybridized carbons (Fsp3) is 0.100. The lowest BCUT2D eigenvalue weighted by atomic mass is 10.2. The molecule has 2 N–H and O–H groups in total. The van der Waals surface area contributed by atoms with E-state index in [1.54, 1.807) is 36.6 Å². The predicted molar refractivity (Wildman–Crippen MR) is 113 cm³/mol. The lowest BCUT2D eigenvalue weighted by Gasteiger charge is -2.12. The van der Waals surface area contributed by atoms with Gasteiger partial charge in [0, 0.05) is 10.7 Å². The molecule has 0 aliphatic rings. The van der Waals surface area contributed by atoms with E-state index in [1.165, 1.54) is 12.1 Å². The summed E-state index contributed by atoms with van der Waals surface area (Å²) >= 11 is 17.9. The average Bonchev–Trinajstić information content (AvgIpc) is 3.21. The Bertz CT molecular complexity index is 999. The molecule has 0 saturated carbocycles. The number of carbonyl (C=O) groups excluding carboxylic acids is 2. The fourth-order valence-electron chi connectivity index (χ4n) is 2.46. The summed E-state index contributed by atoms with van der Waals surface area (Å²) in [5.41, 5.74) is 1.03. The topological polar surface area (TPSA) is 80.6 Å². The van der Waals surface area contributed by atoms with Gasteiger partial charge in [0.1, 0.15) is 5.76 Å². The molecule has 9 heteroatoms. The van der Waals surface area contributed by atoms with Crippen LogP contribution in [0.1, 0.15) is 16.1 Å². The Kier molecular flexibility index (Phi) is 7.04. The molecule has 3 aromatic rings. The van der Waals surface area contributed by atoms with Gasteiger partial charge in [0.05, 0.1) is 34.1 Å². The van der Waals surface area contributed by atoms with E-state index in [4.69, 9.17) is 44.0 Å². The van der Waals surface area contributed by atoms with E-state index in [0.29, 0.717) is 23.0 Å². The van der Waals surface area contributed by atoms with E-state index in [0.717, 1.165) is 0 Å². The molecule has 150 valence electrons. The Labute approximate surface area is 181 Å². The van der Waals surface area contributed by atoms with Gasteiger partial charge in [-0.2, -0.15) is 0 Å². The van der Waals surface area contributed by atoms with Crippen LogP contribution >= 0.6 is 34.8 Å². The van der Waals surface area contributed by atoms with Gasteiger partial charge in [0.15, 0.2) is 6.61 Å². The fourth-order valence-corrected chi connectivity index (χ4v) is 3.37. The third kappa shape index (κ3) is 5.67. The quantitative estimate of drug-likeness (QED) is 0.452. The summed E-state index contributed by atoms with van der Waals surface area (Å²) in [7, 11) is 0. The normalized spacial score (nSPS) is 10.4. The number of esters is 1. The number of halogens is 3. The minimum absolute atomic E-state index is 0.176. The van der Waals surface area contributed by atoms with Crippen molar-refractivity contribution in [2.45, 2.75) is 6.54 Å². The molecular formula is C20H15Cl3N2O4. The van der Waals surface area contributed by atoms with Gasteiger partial charge >= 0.3 is 5.97 Å². The molecule has 3 rings (SSSR count). The summed E-state index contributed by atoms with van der Waals surface area (Å²) < 4.78 is 10.4. The van der Waals surface area contributed by atoms with Crippen molar-refractivity contribution in [3.05, 3.63) is 81.2 Å². The number of amides is 1. The monoisotopic (exact) mass is 452 g/mol. The third-order valence-electron chi connectivity index (χ3n) is 3.79. The number of hydrogen-bond donors (Lipinski definition) is 2. The van der Waals surface area contributed by atoms with Crippen LogP contribution in [0.2, 0.25) is 15.1 Å². The Morgan fingerprint density at radius 2 is 1.72 bits per heavy atom. The third-order valence-corrected chi connectivity index (χ3v) is 4.60. The second kappa shape index (κ2) is 9.69. The van der Waals surface area contributed by atoms with E-state index in [9.17, 15) is 9.59 Å². The van der Waals surface area contributed by atoms with Crippen molar-refractivity contribution in [2.75, 3.05) is 17.2 Å². The molecule has 1 heterocycles. The van der Waals surface area contributed by atoms with Crippen LogP contribution in [0.25, 0.3) is 0 Å². The first-order valence-corrected chi connectivity index (χ1v) is 9.54. The van der Waals surface area contributed by atoms with Crippen LogP contribution in [0.15, 0.2) is 59.2 Å². The summed E-state index contributed by atoms with van der Waals surface area (Å²) in [6.07, 6.45) is 1.56. The molecule has 0 fully saturated rings. The highest BCUT2D eigenvalue weighted by Gasteiger charge is 2.16. The second-order valence-electron chi connectivity index (χ2n) is 5.85. The maximum Gasteiger partial charge on any atom is 0.340 e. The molecule has 0 radical (unpaired) electrons. The Morgan fingerprint density at radius 3 is 2.41 bits per heavy atom. The van der Waals surface area contributed by atoms with Gasteiger partial charge in [-0.1, -0.05) is 46.9 Å². The van der Waals surface area contributed by atoms with E-state index >= 15 is 0 Å². The highest BCUT2D eigenvalue weighted by Crippen LogP contribution is 2.33. The second-order valence-corrected chi connectivity index (χ2v) is 7.10. The van der Waals surface area contributed by atoms with Gasteiger partial charge in [-0.25, -0.2) is 4.79 Å². The molecule has 0 bridgehead atoms. The number of carbonyl (C=O) groups is 2. The SMILES string of the molecule is O=C(COC(=O)c1ccccc1NCc1ccco1)Nc1c(Cl)cc(Cl)cc1Cl. The first-order valence-electron chi connectivity index (χ1n) is 8.41. The molecule has 0 spiro atoms. The van der Waals surface area contributed by atoms with Crippen molar-refractivity contribution in [1.82, 2.24) is 0 Å². The summed E-state index contributed by atoms with van der Waals surface area (Å²) in [4.78, 5) is 24.6. The van der Waals surface area contributed by atoms with Crippen LogP contribution in [0.3, 0.4) is 0 Å². The zero-order chi connectivity index (χ0) is 20.8. The molecule has 0 aliphatic heterocycles. The van der Waals surface area contributed by atoms with Crippen LogP contribution in [-0.2, 0) is 16.1 Å². The van der Waals surface area contributed by atoms with Gasteiger partial charge in [-0.05, 0) is 36.4 Å². The minimum atomic E-state index is -0.656.